The second-order valence-electron chi connectivity index (χ2n) is 3.74. The van der Waals surface area contributed by atoms with Gasteiger partial charge in [-0.1, -0.05) is 0 Å². The van der Waals surface area contributed by atoms with Crippen LogP contribution in [0.15, 0.2) is 12.1 Å². The largest absolute Gasteiger partial charge is 0.366 e. The molecule has 1 amide bonds. The molecular weight excluding hydrogens is 204 g/mol. The minimum Gasteiger partial charge on any atom is -0.366 e. The standard InChI is InChI=1S/C11H18N4O/c1-8-6-9(11(12)16)7-10(14-8)15(3)5-4-13-2/h6-7,13H,4-5H2,1-3H3,(H2,12,16). The van der Waals surface area contributed by atoms with E-state index in [0.717, 1.165) is 24.6 Å². The molecule has 0 aliphatic carbocycles. The van der Waals surface area contributed by atoms with Crippen molar-refractivity contribution in [2.45, 2.75) is 6.92 Å². The summed E-state index contributed by atoms with van der Waals surface area (Å²) in [7, 11) is 3.83. The van der Waals surface area contributed by atoms with Crippen molar-refractivity contribution in [1.82, 2.24) is 10.3 Å². The van der Waals surface area contributed by atoms with Gasteiger partial charge in [-0.25, -0.2) is 4.98 Å². The molecule has 88 valence electrons. The highest BCUT2D eigenvalue weighted by molar-refractivity contribution is 5.93. The first-order chi connectivity index (χ1) is 7.54. The van der Waals surface area contributed by atoms with Gasteiger partial charge < -0.3 is 16.0 Å². The Kier molecular flexibility index (Phi) is 4.25. The van der Waals surface area contributed by atoms with Crippen LogP contribution >= 0.6 is 0 Å². The summed E-state index contributed by atoms with van der Waals surface area (Å²) in [6.45, 7) is 3.53. The van der Waals surface area contributed by atoms with Crippen molar-refractivity contribution in [1.29, 1.82) is 0 Å². The first-order valence-corrected chi connectivity index (χ1v) is 5.19. The lowest BCUT2D eigenvalue weighted by Gasteiger charge is -2.18. The van der Waals surface area contributed by atoms with Crippen LogP contribution in [0.2, 0.25) is 0 Å². The Morgan fingerprint density at radius 1 is 1.56 bits per heavy atom. The molecule has 1 rings (SSSR count). The summed E-state index contributed by atoms with van der Waals surface area (Å²) >= 11 is 0. The van der Waals surface area contributed by atoms with Gasteiger partial charge >= 0.3 is 0 Å². The summed E-state index contributed by atoms with van der Waals surface area (Å²) in [5.41, 5.74) is 6.55. The van der Waals surface area contributed by atoms with Crippen LogP contribution in [0.4, 0.5) is 5.82 Å². The Balaban J connectivity index is 2.91. The van der Waals surface area contributed by atoms with Gasteiger partial charge in [0.05, 0.1) is 0 Å². The molecule has 1 aromatic heterocycles. The smallest absolute Gasteiger partial charge is 0.248 e. The number of hydrogen-bond donors (Lipinski definition) is 2. The highest BCUT2D eigenvalue weighted by Gasteiger charge is 2.07. The third-order valence-corrected chi connectivity index (χ3v) is 2.31. The quantitative estimate of drug-likeness (QED) is 0.743. The van der Waals surface area contributed by atoms with Gasteiger partial charge in [-0.05, 0) is 26.1 Å². The zero-order valence-electron chi connectivity index (χ0n) is 9.95. The number of nitrogens with one attached hydrogen (secondary N) is 1. The number of amides is 1. The summed E-state index contributed by atoms with van der Waals surface area (Å²) < 4.78 is 0. The van der Waals surface area contributed by atoms with Gasteiger partial charge in [0.25, 0.3) is 0 Å². The molecule has 3 N–H and O–H groups in total. The van der Waals surface area contributed by atoms with Gasteiger partial charge in [-0.2, -0.15) is 0 Å². The molecule has 0 aliphatic heterocycles. The molecule has 16 heavy (non-hydrogen) atoms. The Morgan fingerprint density at radius 3 is 2.81 bits per heavy atom. The van der Waals surface area contributed by atoms with Gasteiger partial charge in [0.1, 0.15) is 5.82 Å². The molecule has 0 atom stereocenters. The van der Waals surface area contributed by atoms with Gasteiger partial charge in [-0.3, -0.25) is 4.79 Å². The number of pyridine rings is 1. The number of anilines is 1. The van der Waals surface area contributed by atoms with E-state index in [-0.39, 0.29) is 0 Å². The van der Waals surface area contributed by atoms with E-state index in [4.69, 9.17) is 5.73 Å². The van der Waals surface area contributed by atoms with Crippen molar-refractivity contribution in [3.05, 3.63) is 23.4 Å². The molecule has 0 saturated heterocycles. The van der Waals surface area contributed by atoms with Crippen molar-refractivity contribution >= 4 is 11.7 Å². The van der Waals surface area contributed by atoms with E-state index >= 15 is 0 Å². The fraction of sp³-hybridized carbons (Fsp3) is 0.455. The van der Waals surface area contributed by atoms with E-state index in [1.807, 2.05) is 25.9 Å². The summed E-state index contributed by atoms with van der Waals surface area (Å²) in [6, 6.07) is 3.41. The normalized spacial score (nSPS) is 10.2. The Labute approximate surface area is 95.7 Å². The van der Waals surface area contributed by atoms with Crippen LogP contribution in [0, 0.1) is 6.92 Å². The number of carbonyl (C=O) groups excluding carboxylic acids is 1. The molecule has 0 radical (unpaired) electrons. The maximum atomic E-state index is 11.1. The molecule has 0 aliphatic rings. The fourth-order valence-corrected chi connectivity index (χ4v) is 1.38. The Morgan fingerprint density at radius 2 is 2.25 bits per heavy atom. The Hall–Kier alpha value is -1.62. The van der Waals surface area contributed by atoms with Crippen LogP contribution in [-0.4, -0.2) is 38.1 Å². The first kappa shape index (κ1) is 12.4. The van der Waals surface area contributed by atoms with Crippen LogP contribution in [0.1, 0.15) is 16.1 Å². The number of likely N-dealkylation sites (N-methyl/N-ethyl adjacent to an activating group) is 2. The monoisotopic (exact) mass is 222 g/mol. The molecule has 0 bridgehead atoms. The summed E-state index contributed by atoms with van der Waals surface area (Å²) in [5.74, 6) is 0.345. The van der Waals surface area contributed by atoms with E-state index in [0.29, 0.717) is 5.56 Å². The van der Waals surface area contributed by atoms with E-state index in [9.17, 15) is 4.79 Å². The summed E-state index contributed by atoms with van der Waals surface area (Å²) in [6.07, 6.45) is 0. The minimum atomic E-state index is -0.422. The predicted molar refractivity (Wildman–Crippen MR) is 64.7 cm³/mol. The third-order valence-electron chi connectivity index (χ3n) is 2.31. The maximum Gasteiger partial charge on any atom is 0.248 e. The lowest BCUT2D eigenvalue weighted by atomic mass is 10.2. The first-order valence-electron chi connectivity index (χ1n) is 5.19. The van der Waals surface area contributed by atoms with Crippen molar-refractivity contribution in [2.24, 2.45) is 5.73 Å². The highest BCUT2D eigenvalue weighted by atomic mass is 16.1. The zero-order valence-corrected chi connectivity index (χ0v) is 9.95. The second kappa shape index (κ2) is 5.46. The zero-order chi connectivity index (χ0) is 12.1. The van der Waals surface area contributed by atoms with Gasteiger partial charge in [0.15, 0.2) is 0 Å². The average Bonchev–Trinajstić information content (AvgIpc) is 2.24. The van der Waals surface area contributed by atoms with Crippen LogP contribution in [0.5, 0.6) is 0 Å². The lowest BCUT2D eigenvalue weighted by Crippen LogP contribution is -2.28. The summed E-state index contributed by atoms with van der Waals surface area (Å²) in [5, 5.41) is 3.06. The maximum absolute atomic E-state index is 11.1. The fourth-order valence-electron chi connectivity index (χ4n) is 1.38. The molecule has 0 aromatic carbocycles. The van der Waals surface area contributed by atoms with E-state index in [2.05, 4.69) is 10.3 Å². The van der Waals surface area contributed by atoms with Crippen LogP contribution in [0.3, 0.4) is 0 Å². The number of aromatic nitrogens is 1. The number of carbonyl (C=O) groups is 1. The van der Waals surface area contributed by atoms with E-state index in [1.54, 1.807) is 12.1 Å². The van der Waals surface area contributed by atoms with Crippen LogP contribution in [-0.2, 0) is 0 Å². The number of aryl methyl sites for hydroxylation is 1. The molecule has 5 nitrogen and oxygen atoms in total. The number of rotatable bonds is 5. The van der Waals surface area contributed by atoms with Crippen molar-refractivity contribution in [3.8, 4) is 0 Å². The van der Waals surface area contributed by atoms with E-state index in [1.165, 1.54) is 0 Å². The lowest BCUT2D eigenvalue weighted by molar-refractivity contribution is 0.1000. The number of nitrogens with two attached hydrogens (primary N) is 1. The number of hydrogen-bond acceptors (Lipinski definition) is 4. The molecule has 0 unspecified atom stereocenters. The minimum absolute atomic E-state index is 0.422. The van der Waals surface area contributed by atoms with Gasteiger partial charge in [0, 0.05) is 31.4 Å². The molecule has 5 heteroatoms. The molecule has 0 saturated carbocycles. The van der Waals surface area contributed by atoms with Crippen LogP contribution < -0.4 is 16.0 Å². The SMILES string of the molecule is CNCCN(C)c1cc(C(N)=O)cc(C)n1. The molecule has 0 spiro atoms. The van der Waals surface area contributed by atoms with Crippen molar-refractivity contribution in [3.63, 3.8) is 0 Å². The van der Waals surface area contributed by atoms with Crippen molar-refractivity contribution < 1.29 is 4.79 Å². The highest BCUT2D eigenvalue weighted by Crippen LogP contribution is 2.12. The summed E-state index contributed by atoms with van der Waals surface area (Å²) in [4.78, 5) is 17.4. The van der Waals surface area contributed by atoms with Crippen molar-refractivity contribution in [2.75, 3.05) is 32.1 Å². The van der Waals surface area contributed by atoms with Gasteiger partial charge in [-0.15, -0.1) is 0 Å². The van der Waals surface area contributed by atoms with Crippen LogP contribution in [0.25, 0.3) is 0 Å². The number of nitrogens with zero attached hydrogens (tertiary/aromatic N) is 2. The topological polar surface area (TPSA) is 71.2 Å². The Bertz CT molecular complexity index is 378. The third kappa shape index (κ3) is 3.20. The van der Waals surface area contributed by atoms with Gasteiger partial charge in [0.2, 0.25) is 5.91 Å². The van der Waals surface area contributed by atoms with E-state index < -0.39 is 5.91 Å². The molecular formula is C11H18N4O. The molecule has 0 fully saturated rings. The second-order valence-corrected chi connectivity index (χ2v) is 3.74. The average molecular weight is 222 g/mol. The predicted octanol–water partition coefficient (Wildman–Crippen LogP) is 0.145. The number of primary amides is 1. The molecule has 1 heterocycles. The molecule has 1 aromatic rings.